The molecule has 1 fully saturated rings. The second-order valence-corrected chi connectivity index (χ2v) is 12.7. The zero-order chi connectivity index (χ0) is 32.2. The van der Waals surface area contributed by atoms with Gasteiger partial charge in [-0.3, -0.25) is 9.69 Å². The fraction of sp³-hybridized carbons (Fsp3) is 0.515. The fourth-order valence-electron chi connectivity index (χ4n) is 6.02. The maximum absolute atomic E-state index is 13.9. The zero-order valence-corrected chi connectivity index (χ0v) is 26.2. The topological polar surface area (TPSA) is 144 Å². The number of hydrogen-bond acceptors (Lipinski definition) is 7. The van der Waals surface area contributed by atoms with Crippen molar-refractivity contribution in [3.05, 3.63) is 59.7 Å². The summed E-state index contributed by atoms with van der Waals surface area (Å²) in [5.74, 6) is -1.94. The molecule has 238 valence electrons. The van der Waals surface area contributed by atoms with Gasteiger partial charge in [0.25, 0.3) is 0 Å². The first-order chi connectivity index (χ1) is 20.7. The Morgan fingerprint density at radius 3 is 2.14 bits per heavy atom. The monoisotopic (exact) mass is 609 g/mol. The predicted octanol–water partition coefficient (Wildman–Crippen LogP) is 5.03. The van der Waals surface area contributed by atoms with E-state index >= 15 is 0 Å². The molecule has 1 heterocycles. The lowest BCUT2D eigenvalue weighted by Gasteiger charge is -2.35. The molecule has 11 nitrogen and oxygen atoms in total. The predicted molar refractivity (Wildman–Crippen MR) is 163 cm³/mol. The molecule has 1 saturated heterocycles. The van der Waals surface area contributed by atoms with Crippen molar-refractivity contribution < 1.29 is 38.5 Å². The van der Waals surface area contributed by atoms with Crippen LogP contribution in [0.2, 0.25) is 0 Å². The van der Waals surface area contributed by atoms with E-state index in [-0.39, 0.29) is 18.9 Å². The molecule has 3 amide bonds. The highest BCUT2D eigenvalue weighted by Crippen LogP contribution is 2.44. The maximum atomic E-state index is 13.9. The van der Waals surface area contributed by atoms with Crippen LogP contribution >= 0.6 is 0 Å². The summed E-state index contributed by atoms with van der Waals surface area (Å²) in [4.78, 5) is 52.4. The third kappa shape index (κ3) is 7.50. The molecular weight excluding hydrogens is 566 g/mol. The van der Waals surface area contributed by atoms with Gasteiger partial charge in [0.1, 0.15) is 24.0 Å². The summed E-state index contributed by atoms with van der Waals surface area (Å²) >= 11 is 0. The van der Waals surface area contributed by atoms with Gasteiger partial charge in [0.15, 0.2) is 6.04 Å². The number of rotatable bonds is 10. The lowest BCUT2D eigenvalue weighted by Crippen LogP contribution is -2.58. The molecule has 0 unspecified atom stereocenters. The molecule has 3 N–H and O–H groups in total. The number of nitrogens with one attached hydrogen (secondary N) is 2. The Bertz CT molecular complexity index is 1340. The molecule has 0 aromatic heterocycles. The van der Waals surface area contributed by atoms with Crippen LogP contribution in [0.1, 0.15) is 77.8 Å². The lowest BCUT2D eigenvalue weighted by atomic mass is 9.98. The van der Waals surface area contributed by atoms with Crippen molar-refractivity contribution in [3.8, 4) is 11.1 Å². The first-order valence-electron chi connectivity index (χ1n) is 15.0. The van der Waals surface area contributed by atoms with Crippen molar-refractivity contribution in [1.29, 1.82) is 0 Å². The molecule has 0 saturated carbocycles. The Labute approximate surface area is 258 Å². The molecule has 0 bridgehead atoms. The van der Waals surface area contributed by atoms with Crippen molar-refractivity contribution in [2.45, 2.75) is 96.2 Å². The Kier molecular flexibility index (Phi) is 9.88. The highest BCUT2D eigenvalue weighted by molar-refractivity contribution is 5.90. The van der Waals surface area contributed by atoms with E-state index in [1.165, 1.54) is 4.90 Å². The van der Waals surface area contributed by atoms with Crippen LogP contribution in [0.3, 0.4) is 0 Å². The summed E-state index contributed by atoms with van der Waals surface area (Å²) in [5, 5.41) is 15.3. The number of alkyl carbamates (subject to hydrolysis) is 2. The number of fused-ring (bicyclic) bond motifs is 3. The van der Waals surface area contributed by atoms with E-state index < -0.39 is 53.6 Å². The average Bonchev–Trinajstić information content (AvgIpc) is 3.39. The van der Waals surface area contributed by atoms with E-state index in [0.717, 1.165) is 22.3 Å². The normalized spacial score (nSPS) is 19.5. The van der Waals surface area contributed by atoms with Crippen LogP contribution in [0, 0.1) is 0 Å². The zero-order valence-electron chi connectivity index (χ0n) is 26.2. The summed E-state index contributed by atoms with van der Waals surface area (Å²) in [6, 6.07) is 13.6. The van der Waals surface area contributed by atoms with E-state index in [2.05, 4.69) is 10.6 Å². The van der Waals surface area contributed by atoms with Crippen molar-refractivity contribution in [3.63, 3.8) is 0 Å². The molecule has 1 aliphatic carbocycles. The number of hydrogen-bond donors (Lipinski definition) is 3. The van der Waals surface area contributed by atoms with Gasteiger partial charge in [-0.1, -0.05) is 48.5 Å². The fourth-order valence-corrected chi connectivity index (χ4v) is 6.02. The van der Waals surface area contributed by atoms with Crippen molar-refractivity contribution in [2.24, 2.45) is 0 Å². The largest absolute Gasteiger partial charge is 0.480 e. The summed E-state index contributed by atoms with van der Waals surface area (Å²) in [7, 11) is 0. The molecule has 2 aromatic rings. The van der Waals surface area contributed by atoms with Gasteiger partial charge in [-0.2, -0.15) is 0 Å². The smallest absolute Gasteiger partial charge is 0.407 e. The quantitative estimate of drug-likeness (QED) is 0.319. The highest BCUT2D eigenvalue weighted by atomic mass is 16.6. The van der Waals surface area contributed by atoms with E-state index in [0.29, 0.717) is 19.4 Å². The summed E-state index contributed by atoms with van der Waals surface area (Å²) in [5.41, 5.74) is 2.46. The van der Waals surface area contributed by atoms with Crippen LogP contribution in [0.15, 0.2) is 48.5 Å². The molecule has 4 rings (SSSR count). The highest BCUT2D eigenvalue weighted by Gasteiger charge is 2.52. The van der Waals surface area contributed by atoms with E-state index in [1.807, 2.05) is 48.5 Å². The van der Waals surface area contributed by atoms with E-state index in [4.69, 9.17) is 14.2 Å². The Balaban J connectivity index is 1.44. The number of aliphatic carboxylic acids is 1. The van der Waals surface area contributed by atoms with E-state index in [1.54, 1.807) is 41.5 Å². The lowest BCUT2D eigenvalue weighted by molar-refractivity contribution is -0.156. The van der Waals surface area contributed by atoms with Gasteiger partial charge in [0, 0.05) is 12.5 Å². The molecule has 2 aliphatic rings. The Hall–Kier alpha value is -4.12. The number of carboxylic acid groups (broad SMARTS) is 1. The first kappa shape index (κ1) is 32.8. The third-order valence-electron chi connectivity index (χ3n) is 7.79. The number of benzene rings is 2. The maximum Gasteiger partial charge on any atom is 0.407 e. The number of amides is 3. The Morgan fingerprint density at radius 1 is 0.977 bits per heavy atom. The number of carboxylic acids is 1. The number of carbonyl (C=O) groups excluding carboxylic acids is 3. The minimum atomic E-state index is -1.22. The summed E-state index contributed by atoms with van der Waals surface area (Å²) < 4.78 is 16.8. The number of ether oxygens (including phenoxy) is 3. The van der Waals surface area contributed by atoms with Crippen molar-refractivity contribution in [1.82, 2.24) is 15.5 Å². The molecule has 1 aliphatic heterocycles. The molecule has 3 atom stereocenters. The van der Waals surface area contributed by atoms with Crippen LogP contribution in [-0.4, -0.2) is 76.7 Å². The SMILES string of the molecule is C[C@@H]1OC(C)(C)N(C(=O)[C@H](CCCCNC(=O)OC(C)(C)C)NC(=O)OCC2c3ccccc3-c3ccccc32)[C@@H]1C(=O)O. The van der Waals surface area contributed by atoms with Gasteiger partial charge < -0.3 is 30.0 Å². The van der Waals surface area contributed by atoms with Crippen molar-refractivity contribution >= 4 is 24.1 Å². The second kappa shape index (κ2) is 13.3. The first-order valence-corrected chi connectivity index (χ1v) is 15.0. The molecule has 44 heavy (non-hydrogen) atoms. The second-order valence-electron chi connectivity index (χ2n) is 12.7. The van der Waals surface area contributed by atoms with Crippen LogP contribution < -0.4 is 10.6 Å². The van der Waals surface area contributed by atoms with Crippen molar-refractivity contribution in [2.75, 3.05) is 13.2 Å². The standard InChI is InChI=1S/C33H43N3O8/c1-20-27(29(38)39)36(33(5,6)43-20)28(37)26(17-11-12-18-34-30(40)44-32(2,3)4)35-31(41)42-19-25-23-15-9-7-13-21(23)22-14-8-10-16-24(22)25/h7-10,13-16,20,25-27H,11-12,17-19H2,1-6H3,(H,34,40)(H,35,41)(H,38,39)/t20-,26-,27-/m0/s1. The van der Waals surface area contributed by atoms with Crippen LogP contribution in [0.4, 0.5) is 9.59 Å². The van der Waals surface area contributed by atoms with E-state index in [9.17, 15) is 24.3 Å². The number of carbonyl (C=O) groups is 4. The van der Waals surface area contributed by atoms with Gasteiger partial charge in [-0.05, 0) is 83.1 Å². The minimum Gasteiger partial charge on any atom is -0.480 e. The number of unbranched alkanes of at least 4 members (excludes halogenated alkanes) is 1. The molecule has 2 aromatic carbocycles. The molecular formula is C33H43N3O8. The van der Waals surface area contributed by atoms with Gasteiger partial charge >= 0.3 is 18.2 Å². The Morgan fingerprint density at radius 2 is 1.57 bits per heavy atom. The number of nitrogens with zero attached hydrogens (tertiary/aromatic N) is 1. The molecule has 11 heteroatoms. The van der Waals surface area contributed by atoms with Gasteiger partial charge in [-0.15, -0.1) is 0 Å². The summed E-state index contributed by atoms with van der Waals surface area (Å²) in [6.45, 7) is 10.5. The summed E-state index contributed by atoms with van der Waals surface area (Å²) in [6.07, 6.45) is -0.954. The van der Waals surface area contributed by atoms with Crippen LogP contribution in [0.25, 0.3) is 11.1 Å². The van der Waals surface area contributed by atoms with Crippen LogP contribution in [-0.2, 0) is 23.8 Å². The minimum absolute atomic E-state index is 0.0632. The average molecular weight is 610 g/mol. The third-order valence-corrected chi connectivity index (χ3v) is 7.79. The van der Waals surface area contributed by atoms with Gasteiger partial charge in [0.05, 0.1) is 6.10 Å². The van der Waals surface area contributed by atoms with Gasteiger partial charge in [0.2, 0.25) is 5.91 Å². The van der Waals surface area contributed by atoms with Gasteiger partial charge in [-0.25, -0.2) is 14.4 Å². The van der Waals surface area contributed by atoms with Crippen LogP contribution in [0.5, 0.6) is 0 Å². The molecule has 0 radical (unpaired) electrons. The molecule has 0 spiro atoms.